The molecule has 18 heavy (non-hydrogen) atoms. The highest BCUT2D eigenvalue weighted by Gasteiger charge is 2.11. The molecular formula is C13H9Cl2N3. The largest absolute Gasteiger partial charge is 0.220 e. The minimum absolute atomic E-state index is 0.552. The Kier molecular flexibility index (Phi) is 2.73. The summed E-state index contributed by atoms with van der Waals surface area (Å²) in [5.41, 5.74) is 2.68. The van der Waals surface area contributed by atoms with Gasteiger partial charge in [-0.05, 0) is 36.8 Å². The van der Waals surface area contributed by atoms with E-state index in [1.807, 2.05) is 31.3 Å². The standard InChI is InChI=1S/C13H9Cl2N3/c1-8-3-2-6-18-13(8)16-12(17-18)10-5-4-9(14)7-11(10)15/h2-7H,1H3. The first-order valence-corrected chi connectivity index (χ1v) is 6.18. The molecule has 0 aliphatic rings. The Balaban J connectivity index is 2.23. The molecule has 3 rings (SSSR count). The molecular weight excluding hydrogens is 269 g/mol. The van der Waals surface area contributed by atoms with Gasteiger partial charge >= 0.3 is 0 Å². The number of aryl methyl sites for hydroxylation is 1. The van der Waals surface area contributed by atoms with Gasteiger partial charge in [-0.1, -0.05) is 29.3 Å². The van der Waals surface area contributed by atoms with Crippen LogP contribution in [0, 0.1) is 6.92 Å². The van der Waals surface area contributed by atoms with Gasteiger partial charge in [0.1, 0.15) is 0 Å². The van der Waals surface area contributed by atoms with Gasteiger partial charge in [-0.25, -0.2) is 9.50 Å². The lowest BCUT2D eigenvalue weighted by molar-refractivity contribution is 0.960. The Morgan fingerprint density at radius 2 is 2.00 bits per heavy atom. The summed E-state index contributed by atoms with van der Waals surface area (Å²) in [5.74, 6) is 0.603. The van der Waals surface area contributed by atoms with E-state index in [0.717, 1.165) is 16.8 Å². The predicted octanol–water partition coefficient (Wildman–Crippen LogP) is 4.01. The molecule has 0 saturated heterocycles. The first-order chi connectivity index (χ1) is 8.65. The van der Waals surface area contributed by atoms with Crippen molar-refractivity contribution in [2.75, 3.05) is 0 Å². The normalized spacial score (nSPS) is 11.1. The van der Waals surface area contributed by atoms with Gasteiger partial charge in [0.15, 0.2) is 11.5 Å². The highest BCUT2D eigenvalue weighted by atomic mass is 35.5. The lowest BCUT2D eigenvalue weighted by Crippen LogP contribution is -1.87. The number of aromatic nitrogens is 3. The van der Waals surface area contributed by atoms with Crippen LogP contribution in [-0.2, 0) is 0 Å². The van der Waals surface area contributed by atoms with Crippen molar-refractivity contribution in [2.45, 2.75) is 6.92 Å². The van der Waals surface area contributed by atoms with Crippen LogP contribution in [-0.4, -0.2) is 14.6 Å². The van der Waals surface area contributed by atoms with E-state index < -0.39 is 0 Å². The fraction of sp³-hybridized carbons (Fsp3) is 0.0769. The van der Waals surface area contributed by atoms with Crippen molar-refractivity contribution >= 4 is 28.8 Å². The molecule has 0 spiro atoms. The van der Waals surface area contributed by atoms with Crippen molar-refractivity contribution in [1.82, 2.24) is 14.6 Å². The third kappa shape index (κ3) is 1.85. The van der Waals surface area contributed by atoms with E-state index in [2.05, 4.69) is 10.1 Å². The fourth-order valence-corrected chi connectivity index (χ4v) is 2.32. The van der Waals surface area contributed by atoms with Gasteiger partial charge in [0.05, 0.1) is 5.02 Å². The Bertz CT molecular complexity index is 734. The average Bonchev–Trinajstić information content (AvgIpc) is 2.74. The highest BCUT2D eigenvalue weighted by molar-refractivity contribution is 6.36. The molecule has 0 bridgehead atoms. The maximum atomic E-state index is 6.16. The second kappa shape index (κ2) is 4.26. The van der Waals surface area contributed by atoms with Crippen molar-refractivity contribution in [2.24, 2.45) is 0 Å². The summed E-state index contributed by atoms with van der Waals surface area (Å²) >= 11 is 12.0. The Morgan fingerprint density at radius 1 is 1.17 bits per heavy atom. The molecule has 5 heteroatoms. The van der Waals surface area contributed by atoms with Gasteiger partial charge < -0.3 is 0 Å². The number of hydrogen-bond donors (Lipinski definition) is 0. The summed E-state index contributed by atoms with van der Waals surface area (Å²) in [5, 5.41) is 5.56. The molecule has 0 fully saturated rings. The molecule has 0 unspecified atom stereocenters. The molecule has 1 aromatic carbocycles. The average molecular weight is 278 g/mol. The Labute approximate surface area is 114 Å². The zero-order chi connectivity index (χ0) is 12.7. The van der Waals surface area contributed by atoms with E-state index in [4.69, 9.17) is 23.2 Å². The Hall–Kier alpha value is -1.58. The molecule has 0 aliphatic carbocycles. The minimum atomic E-state index is 0.552. The van der Waals surface area contributed by atoms with E-state index in [1.165, 1.54) is 0 Å². The molecule has 3 aromatic rings. The lowest BCUT2D eigenvalue weighted by atomic mass is 10.2. The second-order valence-electron chi connectivity index (χ2n) is 4.02. The summed E-state index contributed by atoms with van der Waals surface area (Å²) in [6.07, 6.45) is 1.86. The molecule has 2 heterocycles. The number of nitrogens with zero attached hydrogens (tertiary/aromatic N) is 3. The number of halogens is 2. The van der Waals surface area contributed by atoms with Crippen molar-refractivity contribution in [1.29, 1.82) is 0 Å². The maximum Gasteiger partial charge on any atom is 0.183 e. The van der Waals surface area contributed by atoms with E-state index in [9.17, 15) is 0 Å². The number of pyridine rings is 1. The third-order valence-corrected chi connectivity index (χ3v) is 3.28. The summed E-state index contributed by atoms with van der Waals surface area (Å²) < 4.78 is 1.75. The maximum absolute atomic E-state index is 6.16. The molecule has 0 saturated carbocycles. The van der Waals surface area contributed by atoms with Crippen LogP contribution >= 0.6 is 23.2 Å². The fourth-order valence-electron chi connectivity index (χ4n) is 1.82. The van der Waals surface area contributed by atoms with Crippen LogP contribution in [0.1, 0.15) is 5.56 Å². The first-order valence-electron chi connectivity index (χ1n) is 5.42. The number of rotatable bonds is 1. The van der Waals surface area contributed by atoms with E-state index in [-0.39, 0.29) is 0 Å². The molecule has 0 aliphatic heterocycles. The van der Waals surface area contributed by atoms with Gasteiger partial charge in [0, 0.05) is 16.8 Å². The number of fused-ring (bicyclic) bond motifs is 1. The molecule has 3 nitrogen and oxygen atoms in total. The molecule has 0 N–H and O–H groups in total. The molecule has 0 atom stereocenters. The quantitative estimate of drug-likeness (QED) is 0.673. The number of hydrogen-bond acceptors (Lipinski definition) is 2. The summed E-state index contributed by atoms with van der Waals surface area (Å²) in [6, 6.07) is 9.23. The van der Waals surface area contributed by atoms with Crippen LogP contribution in [0.3, 0.4) is 0 Å². The second-order valence-corrected chi connectivity index (χ2v) is 4.86. The summed E-state index contributed by atoms with van der Waals surface area (Å²) in [4.78, 5) is 4.50. The minimum Gasteiger partial charge on any atom is -0.220 e. The van der Waals surface area contributed by atoms with Gasteiger partial charge in [-0.2, -0.15) is 0 Å². The van der Waals surface area contributed by atoms with Crippen molar-refractivity contribution < 1.29 is 0 Å². The van der Waals surface area contributed by atoms with Crippen molar-refractivity contribution in [3.8, 4) is 11.4 Å². The SMILES string of the molecule is Cc1cccn2nc(-c3ccc(Cl)cc3Cl)nc12. The van der Waals surface area contributed by atoms with Crippen molar-refractivity contribution in [3.63, 3.8) is 0 Å². The van der Waals surface area contributed by atoms with Gasteiger partial charge in [0.25, 0.3) is 0 Å². The van der Waals surface area contributed by atoms with E-state index in [0.29, 0.717) is 15.9 Å². The summed E-state index contributed by atoms with van der Waals surface area (Å²) in [6.45, 7) is 2.00. The summed E-state index contributed by atoms with van der Waals surface area (Å²) in [7, 11) is 0. The van der Waals surface area contributed by atoms with Crippen LogP contribution in [0.5, 0.6) is 0 Å². The predicted molar refractivity (Wildman–Crippen MR) is 73.2 cm³/mol. The van der Waals surface area contributed by atoms with E-state index in [1.54, 1.807) is 16.6 Å². The van der Waals surface area contributed by atoms with Crippen LogP contribution in [0.2, 0.25) is 10.0 Å². The highest BCUT2D eigenvalue weighted by Crippen LogP contribution is 2.28. The monoisotopic (exact) mass is 277 g/mol. The van der Waals surface area contributed by atoms with Gasteiger partial charge in [-0.15, -0.1) is 5.10 Å². The smallest absolute Gasteiger partial charge is 0.183 e. The van der Waals surface area contributed by atoms with Crippen molar-refractivity contribution in [3.05, 3.63) is 52.1 Å². The van der Waals surface area contributed by atoms with Crippen LogP contribution in [0.4, 0.5) is 0 Å². The Morgan fingerprint density at radius 3 is 2.72 bits per heavy atom. The molecule has 2 aromatic heterocycles. The van der Waals surface area contributed by atoms with Crippen LogP contribution in [0.15, 0.2) is 36.5 Å². The first kappa shape index (κ1) is 11.5. The molecule has 90 valence electrons. The lowest BCUT2D eigenvalue weighted by Gasteiger charge is -1.98. The topological polar surface area (TPSA) is 30.2 Å². The zero-order valence-corrected chi connectivity index (χ0v) is 11.1. The van der Waals surface area contributed by atoms with Gasteiger partial charge in [0.2, 0.25) is 0 Å². The van der Waals surface area contributed by atoms with Crippen LogP contribution < -0.4 is 0 Å². The van der Waals surface area contributed by atoms with Crippen LogP contribution in [0.25, 0.3) is 17.0 Å². The number of benzene rings is 1. The zero-order valence-electron chi connectivity index (χ0n) is 9.56. The van der Waals surface area contributed by atoms with E-state index >= 15 is 0 Å². The molecule has 0 amide bonds. The third-order valence-electron chi connectivity index (χ3n) is 2.73. The molecule has 0 radical (unpaired) electrons. The van der Waals surface area contributed by atoms with Gasteiger partial charge in [-0.3, -0.25) is 0 Å².